The highest BCUT2D eigenvalue weighted by atomic mass is 35.5. The van der Waals surface area contributed by atoms with Crippen molar-refractivity contribution in [3.05, 3.63) is 57.3 Å². The fraction of sp³-hybridized carbons (Fsp3) is 0.0625. The number of amides is 2. The van der Waals surface area contributed by atoms with Crippen molar-refractivity contribution in [2.75, 3.05) is 6.61 Å². The molecule has 0 spiro atoms. The Morgan fingerprint density at radius 1 is 1.38 bits per heavy atom. The molecular formula is C16H10Cl2N2O4S2. The Hall–Kier alpha value is -2.00. The Morgan fingerprint density at radius 3 is 2.88 bits per heavy atom. The lowest BCUT2D eigenvalue weighted by Crippen LogP contribution is -2.46. The first-order valence-electron chi connectivity index (χ1n) is 7.13. The van der Waals surface area contributed by atoms with E-state index >= 15 is 0 Å². The molecule has 0 bridgehead atoms. The zero-order valence-electron chi connectivity index (χ0n) is 12.9. The lowest BCUT2D eigenvalue weighted by atomic mass is 10.3. The second kappa shape index (κ2) is 8.13. The quantitative estimate of drug-likeness (QED) is 0.574. The van der Waals surface area contributed by atoms with Crippen molar-refractivity contribution in [3.8, 4) is 5.75 Å². The summed E-state index contributed by atoms with van der Waals surface area (Å²) in [6.07, 6.45) is 3.04. The van der Waals surface area contributed by atoms with Crippen LogP contribution in [0.15, 0.2) is 45.9 Å². The topological polar surface area (TPSA) is 71.8 Å². The summed E-state index contributed by atoms with van der Waals surface area (Å²) in [5.41, 5.74) is 2.41. The van der Waals surface area contributed by atoms with Crippen LogP contribution < -0.4 is 10.2 Å². The Bertz CT molecular complexity index is 900. The number of furan rings is 1. The van der Waals surface area contributed by atoms with E-state index in [0.717, 1.165) is 16.8 Å². The van der Waals surface area contributed by atoms with Gasteiger partial charge in [-0.1, -0.05) is 35.0 Å². The van der Waals surface area contributed by atoms with E-state index in [-0.39, 0.29) is 16.0 Å². The highest BCUT2D eigenvalue weighted by Gasteiger charge is 2.33. The molecule has 1 aliphatic rings. The van der Waals surface area contributed by atoms with Crippen LogP contribution in [-0.2, 0) is 9.59 Å². The summed E-state index contributed by atoms with van der Waals surface area (Å²) in [6, 6.07) is 8.03. The summed E-state index contributed by atoms with van der Waals surface area (Å²) in [5.74, 6) is -0.201. The molecule has 0 atom stereocenters. The summed E-state index contributed by atoms with van der Waals surface area (Å²) in [6.45, 7) is -0.352. The summed E-state index contributed by atoms with van der Waals surface area (Å²) in [4.78, 5) is 24.8. The van der Waals surface area contributed by atoms with E-state index in [1.54, 1.807) is 30.3 Å². The molecule has 3 rings (SSSR count). The zero-order valence-corrected chi connectivity index (χ0v) is 16.0. The smallest absolute Gasteiger partial charge is 0.285 e. The minimum atomic E-state index is -0.563. The van der Waals surface area contributed by atoms with Gasteiger partial charge in [0.25, 0.3) is 11.8 Å². The predicted molar refractivity (Wildman–Crippen MR) is 104 cm³/mol. The van der Waals surface area contributed by atoms with Crippen LogP contribution >= 0.6 is 47.2 Å². The highest BCUT2D eigenvalue weighted by Crippen LogP contribution is 2.31. The number of rotatable bonds is 5. The predicted octanol–water partition coefficient (Wildman–Crippen LogP) is 3.90. The standard InChI is InChI=1S/C16H10Cl2N2O4S2/c17-9-3-4-12(11(18)6-9)24-8-14(21)19-20-15(22)13(26-16(20)25)7-10-2-1-5-23-10/h1-7H,8H2,(H,19,21)/b13-7-. The van der Waals surface area contributed by atoms with E-state index in [1.165, 1.54) is 12.3 Å². The molecule has 0 saturated carbocycles. The van der Waals surface area contributed by atoms with Crippen LogP contribution in [0.1, 0.15) is 5.76 Å². The Balaban J connectivity index is 1.60. The maximum atomic E-state index is 12.4. The van der Waals surface area contributed by atoms with Crippen molar-refractivity contribution in [2.24, 2.45) is 0 Å². The SMILES string of the molecule is O=C(COc1ccc(Cl)cc1Cl)NN1C(=O)/C(=C/c2ccco2)SC1=S. The van der Waals surface area contributed by atoms with Gasteiger partial charge in [0, 0.05) is 11.1 Å². The van der Waals surface area contributed by atoms with Crippen molar-refractivity contribution < 1.29 is 18.7 Å². The Kier molecular flexibility index (Phi) is 5.87. The normalized spacial score (nSPS) is 15.6. The number of nitrogens with one attached hydrogen (secondary N) is 1. The van der Waals surface area contributed by atoms with Gasteiger partial charge in [0.2, 0.25) is 0 Å². The van der Waals surface area contributed by atoms with E-state index in [4.69, 9.17) is 44.6 Å². The van der Waals surface area contributed by atoms with E-state index < -0.39 is 11.8 Å². The number of thiocarbonyl (C=S) groups is 1. The lowest BCUT2D eigenvalue weighted by molar-refractivity contribution is -0.134. The number of benzene rings is 1. The van der Waals surface area contributed by atoms with Gasteiger partial charge in [-0.3, -0.25) is 15.0 Å². The van der Waals surface area contributed by atoms with Crippen LogP contribution in [-0.4, -0.2) is 27.8 Å². The number of thioether (sulfide) groups is 1. The second-order valence-electron chi connectivity index (χ2n) is 4.93. The summed E-state index contributed by atoms with van der Waals surface area (Å²) >= 11 is 18.0. The van der Waals surface area contributed by atoms with Gasteiger partial charge in [0.15, 0.2) is 10.9 Å². The number of hydrogen-bond acceptors (Lipinski definition) is 6. The molecule has 1 saturated heterocycles. The Morgan fingerprint density at radius 2 is 2.19 bits per heavy atom. The Labute approximate surface area is 168 Å². The third-order valence-corrected chi connectivity index (χ3v) is 4.93. The molecule has 10 heteroatoms. The third-order valence-electron chi connectivity index (χ3n) is 3.10. The minimum Gasteiger partial charge on any atom is -0.482 e. The van der Waals surface area contributed by atoms with Gasteiger partial charge in [0.1, 0.15) is 11.5 Å². The largest absolute Gasteiger partial charge is 0.482 e. The molecule has 1 N–H and O–H groups in total. The number of halogens is 2. The van der Waals surface area contributed by atoms with E-state index in [1.807, 2.05) is 0 Å². The van der Waals surface area contributed by atoms with E-state index in [9.17, 15) is 9.59 Å². The second-order valence-corrected chi connectivity index (χ2v) is 7.45. The zero-order chi connectivity index (χ0) is 18.7. The molecule has 0 radical (unpaired) electrons. The molecule has 6 nitrogen and oxygen atoms in total. The molecule has 1 aromatic carbocycles. The number of nitrogens with zero attached hydrogens (tertiary/aromatic N) is 1. The monoisotopic (exact) mass is 428 g/mol. The third kappa shape index (κ3) is 4.39. The van der Waals surface area contributed by atoms with Gasteiger partial charge in [0.05, 0.1) is 16.2 Å². The van der Waals surface area contributed by atoms with Gasteiger partial charge in [-0.2, -0.15) is 5.01 Å². The van der Waals surface area contributed by atoms with E-state index in [0.29, 0.717) is 21.4 Å². The molecule has 1 aromatic heterocycles. The summed E-state index contributed by atoms with van der Waals surface area (Å²) in [7, 11) is 0. The number of ether oxygens (including phenoxy) is 1. The first-order valence-corrected chi connectivity index (χ1v) is 9.11. The molecule has 26 heavy (non-hydrogen) atoms. The average Bonchev–Trinajstić information content (AvgIpc) is 3.18. The molecule has 1 fully saturated rings. The average molecular weight is 429 g/mol. The summed E-state index contributed by atoms with van der Waals surface area (Å²) in [5, 5.41) is 1.72. The number of hydrazine groups is 1. The molecule has 2 aromatic rings. The number of carbonyl (C=O) groups is 2. The first-order chi connectivity index (χ1) is 12.4. The first kappa shape index (κ1) is 18.8. The van der Waals surface area contributed by atoms with Crippen LogP contribution in [0.5, 0.6) is 5.75 Å². The molecular weight excluding hydrogens is 419 g/mol. The van der Waals surface area contributed by atoms with Crippen LogP contribution in [0.25, 0.3) is 6.08 Å². The molecule has 0 unspecified atom stereocenters. The summed E-state index contributed by atoms with van der Waals surface area (Å²) < 4.78 is 10.7. The van der Waals surface area contributed by atoms with Crippen LogP contribution in [0, 0.1) is 0 Å². The highest BCUT2D eigenvalue weighted by molar-refractivity contribution is 8.26. The molecule has 0 aliphatic carbocycles. The van der Waals surface area contributed by atoms with Crippen molar-refractivity contribution in [1.82, 2.24) is 10.4 Å². The van der Waals surface area contributed by atoms with E-state index in [2.05, 4.69) is 5.43 Å². The van der Waals surface area contributed by atoms with Crippen molar-refractivity contribution >= 4 is 69.4 Å². The van der Waals surface area contributed by atoms with Gasteiger partial charge in [-0.15, -0.1) is 0 Å². The van der Waals surface area contributed by atoms with Crippen molar-refractivity contribution in [3.63, 3.8) is 0 Å². The van der Waals surface area contributed by atoms with Crippen LogP contribution in [0.3, 0.4) is 0 Å². The maximum Gasteiger partial charge on any atom is 0.285 e. The van der Waals surface area contributed by atoms with Gasteiger partial charge >= 0.3 is 0 Å². The number of carbonyl (C=O) groups excluding carboxylic acids is 2. The van der Waals surface area contributed by atoms with Gasteiger partial charge < -0.3 is 9.15 Å². The lowest BCUT2D eigenvalue weighted by Gasteiger charge is -2.16. The molecule has 2 amide bonds. The fourth-order valence-electron chi connectivity index (χ4n) is 1.96. The molecule has 134 valence electrons. The van der Waals surface area contributed by atoms with Crippen LogP contribution in [0.2, 0.25) is 10.0 Å². The molecule has 1 aliphatic heterocycles. The fourth-order valence-corrected chi connectivity index (χ4v) is 3.58. The van der Waals surface area contributed by atoms with Crippen molar-refractivity contribution in [2.45, 2.75) is 0 Å². The molecule has 2 heterocycles. The van der Waals surface area contributed by atoms with Gasteiger partial charge in [-0.05, 0) is 42.5 Å². The number of hydrogen-bond donors (Lipinski definition) is 1. The van der Waals surface area contributed by atoms with Gasteiger partial charge in [-0.25, -0.2) is 0 Å². The van der Waals surface area contributed by atoms with Crippen LogP contribution in [0.4, 0.5) is 0 Å². The van der Waals surface area contributed by atoms with Crippen molar-refractivity contribution in [1.29, 1.82) is 0 Å². The maximum absolute atomic E-state index is 12.4. The minimum absolute atomic E-state index is 0.200.